The summed E-state index contributed by atoms with van der Waals surface area (Å²) >= 11 is 0. The molecule has 2 nitrogen and oxygen atoms in total. The molecule has 0 radical (unpaired) electrons. The summed E-state index contributed by atoms with van der Waals surface area (Å²) in [5.74, 6) is 0. The van der Waals surface area contributed by atoms with Crippen LogP contribution in [0.5, 0.6) is 0 Å². The first-order valence-electron chi connectivity index (χ1n) is 25.2. The zero-order chi connectivity index (χ0) is 48.6. The summed E-state index contributed by atoms with van der Waals surface area (Å²) < 4.78 is 0. The molecule has 0 bridgehead atoms. The molecule has 11 aromatic rings. The van der Waals surface area contributed by atoms with Crippen LogP contribution in [0.1, 0.15) is 49.9 Å². The van der Waals surface area contributed by atoms with Crippen molar-refractivity contribution in [2.45, 2.75) is 38.5 Å². The second-order valence-electron chi connectivity index (χ2n) is 20.6. The highest BCUT2D eigenvalue weighted by molar-refractivity contribution is 5.96. The van der Waals surface area contributed by atoms with Gasteiger partial charge in [-0.1, -0.05) is 204 Å². The molecule has 2 aliphatic heterocycles. The van der Waals surface area contributed by atoms with E-state index in [2.05, 4.69) is 292 Å². The SMILES string of the molecule is CC1(C)c2cc(-c3ccccc3)ccc2N2c3ccc(-c4ccccc4)cc3C(C)(C)c3cc(-c4ccc(N(c5ccc(-c6ccccc6)cc5)c5ccc(-c6ccc7ccccc7c6)cc5)cc4)cc1c32. The maximum absolute atomic E-state index is 2.58. The van der Waals surface area contributed by atoms with E-state index in [0.717, 1.165) is 17.1 Å². The molecule has 0 atom stereocenters. The molecule has 0 fully saturated rings. The highest BCUT2D eigenvalue weighted by Gasteiger charge is 2.46. The van der Waals surface area contributed by atoms with Gasteiger partial charge >= 0.3 is 0 Å². The Labute approximate surface area is 423 Å². The van der Waals surface area contributed by atoms with Crippen molar-refractivity contribution in [2.24, 2.45) is 0 Å². The average Bonchev–Trinajstić information content (AvgIpc) is 3.44. The largest absolute Gasteiger partial charge is 0.311 e. The van der Waals surface area contributed by atoms with Crippen molar-refractivity contribution in [1.82, 2.24) is 0 Å². The third-order valence-electron chi connectivity index (χ3n) is 15.6. The van der Waals surface area contributed by atoms with E-state index in [1.165, 1.54) is 106 Å². The van der Waals surface area contributed by atoms with Gasteiger partial charge in [-0.05, 0) is 168 Å². The zero-order valence-corrected chi connectivity index (χ0v) is 41.1. The van der Waals surface area contributed by atoms with Crippen LogP contribution in [-0.2, 0) is 10.8 Å². The van der Waals surface area contributed by atoms with Crippen LogP contribution in [0.25, 0.3) is 66.4 Å². The number of benzene rings is 11. The summed E-state index contributed by atoms with van der Waals surface area (Å²) in [6.45, 7) is 9.70. The van der Waals surface area contributed by atoms with Gasteiger partial charge in [0.05, 0.1) is 17.1 Å². The van der Waals surface area contributed by atoms with Crippen molar-refractivity contribution in [1.29, 1.82) is 0 Å². The fourth-order valence-corrected chi connectivity index (χ4v) is 11.6. The molecular weight excluding hydrogens is 869 g/mol. The van der Waals surface area contributed by atoms with Gasteiger partial charge in [0, 0.05) is 27.9 Å². The monoisotopic (exact) mass is 922 g/mol. The van der Waals surface area contributed by atoms with E-state index in [0.29, 0.717) is 0 Å². The minimum absolute atomic E-state index is 0.296. The van der Waals surface area contributed by atoms with Gasteiger partial charge in [0.15, 0.2) is 0 Å². The molecule has 0 saturated heterocycles. The lowest BCUT2D eigenvalue weighted by molar-refractivity contribution is 0.598. The van der Waals surface area contributed by atoms with E-state index < -0.39 is 0 Å². The van der Waals surface area contributed by atoms with Crippen molar-refractivity contribution in [3.63, 3.8) is 0 Å². The van der Waals surface area contributed by atoms with Crippen molar-refractivity contribution >= 4 is 44.9 Å². The van der Waals surface area contributed by atoms with Gasteiger partial charge in [0.25, 0.3) is 0 Å². The first-order valence-corrected chi connectivity index (χ1v) is 25.2. The van der Waals surface area contributed by atoms with Crippen LogP contribution >= 0.6 is 0 Å². The second kappa shape index (κ2) is 17.0. The number of fused-ring (bicyclic) bond motifs is 5. The van der Waals surface area contributed by atoms with Crippen LogP contribution in [0, 0.1) is 0 Å². The molecule has 11 aromatic carbocycles. The van der Waals surface area contributed by atoms with E-state index in [4.69, 9.17) is 0 Å². The summed E-state index contributed by atoms with van der Waals surface area (Å²) in [7, 11) is 0. The highest BCUT2D eigenvalue weighted by atomic mass is 15.2. The quantitative estimate of drug-likeness (QED) is 0.150. The fourth-order valence-electron chi connectivity index (χ4n) is 11.6. The number of nitrogens with zero attached hydrogens (tertiary/aromatic N) is 2. The fraction of sp³-hybridized carbons (Fsp3) is 0.0857. The number of rotatable bonds is 8. The van der Waals surface area contributed by atoms with Gasteiger partial charge < -0.3 is 9.80 Å². The van der Waals surface area contributed by atoms with Crippen LogP contribution in [0.4, 0.5) is 34.1 Å². The Morgan fingerprint density at radius 2 is 0.583 bits per heavy atom. The Bertz CT molecular complexity index is 3690. The lowest BCUT2D eigenvalue weighted by atomic mass is 9.65. The highest BCUT2D eigenvalue weighted by Crippen LogP contribution is 2.61. The van der Waals surface area contributed by atoms with Gasteiger partial charge in [-0.15, -0.1) is 0 Å². The molecule has 0 aromatic heterocycles. The zero-order valence-electron chi connectivity index (χ0n) is 41.1. The van der Waals surface area contributed by atoms with Crippen molar-refractivity contribution in [3.8, 4) is 55.6 Å². The van der Waals surface area contributed by atoms with Gasteiger partial charge in [-0.3, -0.25) is 0 Å². The molecule has 2 aliphatic rings. The minimum Gasteiger partial charge on any atom is -0.311 e. The summed E-state index contributed by atoms with van der Waals surface area (Å²) in [6.07, 6.45) is 0. The second-order valence-corrected chi connectivity index (χ2v) is 20.6. The van der Waals surface area contributed by atoms with Crippen molar-refractivity contribution in [3.05, 3.63) is 277 Å². The molecular formula is C70H54N2. The predicted octanol–water partition coefficient (Wildman–Crippen LogP) is 19.4. The van der Waals surface area contributed by atoms with Gasteiger partial charge in [-0.25, -0.2) is 0 Å². The first-order chi connectivity index (χ1) is 35.2. The number of hydrogen-bond acceptors (Lipinski definition) is 2. The smallest absolute Gasteiger partial charge is 0.0544 e. The molecule has 0 unspecified atom stereocenters. The molecule has 0 N–H and O–H groups in total. The molecule has 0 amide bonds. The van der Waals surface area contributed by atoms with E-state index in [1.54, 1.807) is 0 Å². The summed E-state index contributed by atoms with van der Waals surface area (Å²) in [4.78, 5) is 4.96. The Hall–Kier alpha value is -8.72. The number of hydrogen-bond donors (Lipinski definition) is 0. The number of anilines is 6. The Morgan fingerprint density at radius 3 is 1.04 bits per heavy atom. The topological polar surface area (TPSA) is 6.48 Å². The summed E-state index contributed by atoms with van der Waals surface area (Å²) in [5.41, 5.74) is 24.0. The molecule has 72 heavy (non-hydrogen) atoms. The van der Waals surface area contributed by atoms with Gasteiger partial charge in [0.2, 0.25) is 0 Å². The van der Waals surface area contributed by atoms with E-state index in [1.807, 2.05) is 0 Å². The van der Waals surface area contributed by atoms with Crippen LogP contribution in [0.3, 0.4) is 0 Å². The van der Waals surface area contributed by atoms with Crippen molar-refractivity contribution in [2.75, 3.05) is 9.80 Å². The maximum Gasteiger partial charge on any atom is 0.0544 e. The first kappa shape index (κ1) is 43.3. The van der Waals surface area contributed by atoms with Crippen LogP contribution in [-0.4, -0.2) is 0 Å². The summed E-state index contributed by atoms with van der Waals surface area (Å²) in [6, 6.07) is 94.0. The third kappa shape index (κ3) is 7.25. The maximum atomic E-state index is 2.58. The predicted molar refractivity (Wildman–Crippen MR) is 305 cm³/mol. The van der Waals surface area contributed by atoms with Crippen LogP contribution in [0.15, 0.2) is 255 Å². The Kier molecular flexibility index (Phi) is 10.2. The molecule has 2 heterocycles. The lowest BCUT2D eigenvalue weighted by Gasteiger charge is -2.50. The summed E-state index contributed by atoms with van der Waals surface area (Å²) in [5, 5.41) is 2.50. The van der Waals surface area contributed by atoms with E-state index in [9.17, 15) is 0 Å². The lowest BCUT2D eigenvalue weighted by Crippen LogP contribution is -2.38. The third-order valence-corrected chi connectivity index (χ3v) is 15.6. The molecule has 0 spiro atoms. The van der Waals surface area contributed by atoms with E-state index in [-0.39, 0.29) is 10.8 Å². The Balaban J connectivity index is 0.935. The molecule has 0 saturated carbocycles. The molecule has 2 heteroatoms. The van der Waals surface area contributed by atoms with Crippen LogP contribution < -0.4 is 9.80 Å². The molecule has 0 aliphatic carbocycles. The molecule has 344 valence electrons. The van der Waals surface area contributed by atoms with Gasteiger partial charge in [-0.2, -0.15) is 0 Å². The normalized spacial score (nSPS) is 13.8. The van der Waals surface area contributed by atoms with Crippen molar-refractivity contribution < 1.29 is 0 Å². The average molecular weight is 923 g/mol. The standard InChI is InChI=1S/C70H54N2/c1-69(2)62-43-56(48-18-10-6-11-19-48)32-40-66(62)72-67-41-33-57(49-20-12-7-13-21-49)44-63(67)70(3,4)65-46-58(45-64(69)68(65)72)53-30-38-61(39-31-53)71(59-34-26-51(27-35-59)47-16-8-5-9-17-47)60-36-28-52(29-37-60)55-25-24-50-22-14-15-23-54(50)42-55/h5-46H,1-4H3. The Morgan fingerprint density at radius 1 is 0.264 bits per heavy atom. The minimum atomic E-state index is -0.296. The van der Waals surface area contributed by atoms with Gasteiger partial charge in [0.1, 0.15) is 0 Å². The molecule has 13 rings (SSSR count). The van der Waals surface area contributed by atoms with E-state index >= 15 is 0 Å². The van der Waals surface area contributed by atoms with Crippen LogP contribution in [0.2, 0.25) is 0 Å².